The summed E-state index contributed by atoms with van der Waals surface area (Å²) in [5.74, 6) is 0.507. The Hall–Kier alpha value is -1.59. The minimum atomic E-state index is 0.00904. The van der Waals surface area contributed by atoms with Crippen LogP contribution in [0.2, 0.25) is 5.02 Å². The second kappa shape index (κ2) is 7.53. The number of carbonyl (C=O) groups is 2. The highest BCUT2D eigenvalue weighted by molar-refractivity contribution is 6.30. The summed E-state index contributed by atoms with van der Waals surface area (Å²) in [7, 11) is 0. The molecule has 3 rings (SSSR count). The number of benzene rings is 1. The molecule has 0 aromatic heterocycles. The zero-order chi connectivity index (χ0) is 17.1. The molecule has 0 bridgehead atoms. The third kappa shape index (κ3) is 3.57. The maximum Gasteiger partial charge on any atom is 0.253 e. The van der Waals surface area contributed by atoms with E-state index in [4.69, 9.17) is 16.7 Å². The van der Waals surface area contributed by atoms with Gasteiger partial charge in [-0.15, -0.1) is 0 Å². The van der Waals surface area contributed by atoms with Crippen LogP contribution in [0.4, 0.5) is 0 Å². The smallest absolute Gasteiger partial charge is 0.253 e. The number of halogens is 1. The Balaban J connectivity index is 1.68. The van der Waals surface area contributed by atoms with E-state index in [0.717, 1.165) is 12.8 Å². The lowest BCUT2D eigenvalue weighted by atomic mass is 9.83. The van der Waals surface area contributed by atoms with E-state index in [0.29, 0.717) is 49.0 Å². The molecular weight excluding hydrogens is 328 g/mol. The third-order valence-corrected chi connectivity index (χ3v) is 5.29. The van der Waals surface area contributed by atoms with Gasteiger partial charge in [-0.05, 0) is 43.4 Å². The largest absolute Gasteiger partial charge is 0.396 e. The Bertz CT molecular complexity index is 622. The number of carbonyl (C=O) groups excluding carboxylic acids is 2. The van der Waals surface area contributed by atoms with Crippen molar-refractivity contribution in [2.24, 2.45) is 5.92 Å². The third-order valence-electron chi connectivity index (χ3n) is 5.06. The molecule has 6 heteroatoms. The molecule has 1 aromatic rings. The van der Waals surface area contributed by atoms with E-state index in [1.807, 2.05) is 9.80 Å². The van der Waals surface area contributed by atoms with Crippen molar-refractivity contribution in [2.45, 2.75) is 31.7 Å². The summed E-state index contributed by atoms with van der Waals surface area (Å²) >= 11 is 5.99. The quantitative estimate of drug-likeness (QED) is 0.905. The summed E-state index contributed by atoms with van der Waals surface area (Å²) in [6, 6.07) is 7.24. The first-order chi connectivity index (χ1) is 11.6. The normalized spacial score (nSPS) is 24.0. The van der Waals surface area contributed by atoms with Crippen LogP contribution in [0, 0.1) is 5.92 Å². The lowest BCUT2D eigenvalue weighted by molar-refractivity contribution is -0.140. The predicted octanol–water partition coefficient (Wildman–Crippen LogP) is 2.18. The molecule has 5 nitrogen and oxygen atoms in total. The van der Waals surface area contributed by atoms with E-state index in [1.54, 1.807) is 24.3 Å². The van der Waals surface area contributed by atoms with Gasteiger partial charge in [0, 0.05) is 49.3 Å². The van der Waals surface area contributed by atoms with E-state index in [9.17, 15) is 9.59 Å². The van der Waals surface area contributed by atoms with Crippen molar-refractivity contribution in [1.29, 1.82) is 0 Å². The monoisotopic (exact) mass is 350 g/mol. The summed E-state index contributed by atoms with van der Waals surface area (Å²) < 4.78 is 0. The molecule has 0 saturated carbocycles. The lowest BCUT2D eigenvalue weighted by Gasteiger charge is -2.47. The Kier molecular flexibility index (Phi) is 5.41. The molecule has 2 fully saturated rings. The van der Waals surface area contributed by atoms with Crippen LogP contribution in [0.5, 0.6) is 0 Å². The zero-order valence-corrected chi connectivity index (χ0v) is 14.4. The number of hydrogen-bond acceptors (Lipinski definition) is 3. The molecule has 24 heavy (non-hydrogen) atoms. The van der Waals surface area contributed by atoms with Crippen LogP contribution >= 0.6 is 11.6 Å². The first-order valence-electron chi connectivity index (χ1n) is 8.55. The topological polar surface area (TPSA) is 60.9 Å². The minimum absolute atomic E-state index is 0.00904. The number of piperidine rings is 2. The van der Waals surface area contributed by atoms with Gasteiger partial charge in [-0.3, -0.25) is 9.59 Å². The first-order valence-corrected chi connectivity index (χ1v) is 8.93. The summed E-state index contributed by atoms with van der Waals surface area (Å²) in [6.45, 7) is 2.04. The molecule has 0 spiro atoms. The van der Waals surface area contributed by atoms with Crippen molar-refractivity contribution in [3.8, 4) is 0 Å². The lowest BCUT2D eigenvalue weighted by Crippen LogP contribution is -2.57. The van der Waals surface area contributed by atoms with Gasteiger partial charge in [-0.1, -0.05) is 17.7 Å². The van der Waals surface area contributed by atoms with E-state index >= 15 is 0 Å². The molecule has 0 unspecified atom stereocenters. The summed E-state index contributed by atoms with van der Waals surface area (Å²) in [5, 5.41) is 9.60. The van der Waals surface area contributed by atoms with E-state index in [2.05, 4.69) is 0 Å². The van der Waals surface area contributed by atoms with Gasteiger partial charge in [0.05, 0.1) is 0 Å². The number of aliphatic hydroxyl groups is 1. The molecule has 2 amide bonds. The number of rotatable bonds is 4. The zero-order valence-electron chi connectivity index (χ0n) is 13.7. The average Bonchev–Trinajstić information content (AvgIpc) is 2.60. The highest BCUT2D eigenvalue weighted by Crippen LogP contribution is 2.32. The van der Waals surface area contributed by atoms with Gasteiger partial charge in [0.25, 0.3) is 5.91 Å². The molecular formula is C18H23ClN2O3. The fourth-order valence-electron chi connectivity index (χ4n) is 3.87. The van der Waals surface area contributed by atoms with Crippen LogP contribution in [-0.4, -0.2) is 59.0 Å². The maximum absolute atomic E-state index is 12.7. The number of nitrogens with zero attached hydrogens (tertiary/aromatic N) is 2. The number of amides is 2. The highest BCUT2D eigenvalue weighted by atomic mass is 35.5. The van der Waals surface area contributed by atoms with Gasteiger partial charge in [-0.2, -0.15) is 0 Å². The molecule has 130 valence electrons. The van der Waals surface area contributed by atoms with Crippen LogP contribution in [0.15, 0.2) is 24.3 Å². The van der Waals surface area contributed by atoms with E-state index < -0.39 is 0 Å². The highest BCUT2D eigenvalue weighted by Gasteiger charge is 2.40. The van der Waals surface area contributed by atoms with Crippen LogP contribution in [0.3, 0.4) is 0 Å². The Morgan fingerprint density at radius 2 is 2.17 bits per heavy atom. The summed E-state index contributed by atoms with van der Waals surface area (Å²) in [5.41, 5.74) is 0.616. The fraction of sp³-hybridized carbons (Fsp3) is 0.556. The van der Waals surface area contributed by atoms with Gasteiger partial charge in [0.15, 0.2) is 0 Å². The van der Waals surface area contributed by atoms with Crippen LogP contribution in [-0.2, 0) is 4.79 Å². The Labute approximate surface area is 147 Å². The summed E-state index contributed by atoms with van der Waals surface area (Å²) in [4.78, 5) is 28.7. The number of likely N-dealkylation sites (tertiary alicyclic amines) is 2. The molecule has 1 N–H and O–H groups in total. The van der Waals surface area contributed by atoms with Crippen molar-refractivity contribution >= 4 is 23.4 Å². The van der Waals surface area contributed by atoms with Gasteiger partial charge in [0.1, 0.15) is 0 Å². The van der Waals surface area contributed by atoms with Gasteiger partial charge >= 0.3 is 0 Å². The standard InChI is InChI=1S/C18H23ClN2O3/c19-15-4-1-3-13(11-15)18(24)20-9-7-16-14(12-20)5-6-17(23)21(16)8-2-10-22/h1,3-4,11,14,16,22H,2,5-10,12H2/t14-,16+/m0/s1. The molecule has 0 radical (unpaired) electrons. The molecule has 2 atom stereocenters. The van der Waals surface area contributed by atoms with Crippen molar-refractivity contribution in [2.75, 3.05) is 26.2 Å². The van der Waals surface area contributed by atoms with Crippen molar-refractivity contribution in [1.82, 2.24) is 9.80 Å². The predicted molar refractivity (Wildman–Crippen MR) is 91.9 cm³/mol. The van der Waals surface area contributed by atoms with E-state index in [1.165, 1.54) is 0 Å². The van der Waals surface area contributed by atoms with Crippen LogP contribution < -0.4 is 0 Å². The molecule has 0 aliphatic carbocycles. The van der Waals surface area contributed by atoms with Crippen molar-refractivity contribution in [3.05, 3.63) is 34.9 Å². The second-order valence-corrected chi connectivity index (χ2v) is 7.02. The average molecular weight is 351 g/mol. The second-order valence-electron chi connectivity index (χ2n) is 6.58. The van der Waals surface area contributed by atoms with Crippen molar-refractivity contribution in [3.63, 3.8) is 0 Å². The first kappa shape index (κ1) is 17.2. The number of fused-ring (bicyclic) bond motifs is 1. The molecule has 2 heterocycles. The van der Waals surface area contributed by atoms with Gasteiger partial charge < -0.3 is 14.9 Å². The van der Waals surface area contributed by atoms with Gasteiger partial charge in [-0.25, -0.2) is 0 Å². The van der Waals surface area contributed by atoms with E-state index in [-0.39, 0.29) is 24.5 Å². The SMILES string of the molecule is O=C(c1cccc(Cl)c1)N1CC[C@@H]2[C@@H](CCC(=O)N2CCCO)C1. The van der Waals surface area contributed by atoms with Gasteiger partial charge in [0.2, 0.25) is 5.91 Å². The Morgan fingerprint density at radius 3 is 2.92 bits per heavy atom. The maximum atomic E-state index is 12.7. The van der Waals surface area contributed by atoms with Crippen LogP contribution in [0.25, 0.3) is 0 Å². The number of hydrogen-bond donors (Lipinski definition) is 1. The molecule has 2 aliphatic heterocycles. The fourth-order valence-corrected chi connectivity index (χ4v) is 4.06. The molecule has 2 saturated heterocycles. The molecule has 2 aliphatic rings. The summed E-state index contributed by atoms with van der Waals surface area (Å²) in [6.07, 6.45) is 2.78. The van der Waals surface area contributed by atoms with Crippen LogP contribution in [0.1, 0.15) is 36.0 Å². The molecule has 1 aromatic carbocycles. The minimum Gasteiger partial charge on any atom is -0.396 e. The van der Waals surface area contributed by atoms with Crippen molar-refractivity contribution < 1.29 is 14.7 Å². The number of aliphatic hydroxyl groups excluding tert-OH is 1. The Morgan fingerprint density at radius 1 is 1.33 bits per heavy atom.